The van der Waals surface area contributed by atoms with Gasteiger partial charge in [-0.05, 0) is 54.6 Å². The van der Waals surface area contributed by atoms with Gasteiger partial charge in [0.1, 0.15) is 10.6 Å². The minimum Gasteiger partial charge on any atom is -0.453 e. The smallest absolute Gasteiger partial charge is 0.318 e. The van der Waals surface area contributed by atoms with Gasteiger partial charge in [0, 0.05) is 10.4 Å². The van der Waals surface area contributed by atoms with Crippen LogP contribution >= 0.6 is 46.4 Å². The summed E-state index contributed by atoms with van der Waals surface area (Å²) in [6.45, 7) is 0. The first-order valence-electron chi connectivity index (χ1n) is 11.5. The molecule has 0 aliphatic heterocycles. The highest BCUT2D eigenvalue weighted by Gasteiger charge is 2.34. The molecule has 8 nitrogen and oxygen atoms in total. The quantitative estimate of drug-likeness (QED) is 0.154. The number of nitrogens with zero attached hydrogens (tertiary/aromatic N) is 2. The van der Waals surface area contributed by atoms with E-state index in [1.165, 1.54) is 42.6 Å². The summed E-state index contributed by atoms with van der Waals surface area (Å²) in [6.07, 6.45) is 1.47. The number of aromatic nitrogens is 1. The number of sulfonamides is 1. The molecule has 0 saturated carbocycles. The molecule has 4 aromatic carbocycles. The molecule has 1 heterocycles. The van der Waals surface area contributed by atoms with E-state index in [1.807, 2.05) is 24.3 Å². The summed E-state index contributed by atoms with van der Waals surface area (Å²) >= 11 is 25.1. The van der Waals surface area contributed by atoms with E-state index in [0.29, 0.717) is 5.75 Å². The third-order valence-corrected chi connectivity index (χ3v) is 9.71. The van der Waals surface area contributed by atoms with Crippen molar-refractivity contribution in [2.45, 2.75) is 9.79 Å². The minimum absolute atomic E-state index is 0.0260. The molecule has 0 atom stereocenters. The van der Waals surface area contributed by atoms with E-state index in [4.69, 9.17) is 55.4 Å². The monoisotopic (exact) mass is 668 g/mol. The molecule has 210 valence electrons. The van der Waals surface area contributed by atoms with Gasteiger partial charge in [0.15, 0.2) is 5.75 Å². The Morgan fingerprint density at radius 3 is 2.05 bits per heavy atom. The molecule has 14 heteroatoms. The Balaban J connectivity index is 1.59. The van der Waals surface area contributed by atoms with E-state index in [2.05, 4.69) is 4.98 Å². The van der Waals surface area contributed by atoms with Crippen molar-refractivity contribution in [2.75, 3.05) is 4.47 Å². The second-order valence-corrected chi connectivity index (χ2v) is 13.3. The number of benzene rings is 4. The highest BCUT2D eigenvalue weighted by Crippen LogP contribution is 2.42. The van der Waals surface area contributed by atoms with Crippen molar-refractivity contribution in [1.29, 1.82) is 0 Å². The van der Waals surface area contributed by atoms with Gasteiger partial charge in [0.25, 0.3) is 10.0 Å². The van der Waals surface area contributed by atoms with Crippen LogP contribution in [0.4, 0.5) is 5.69 Å². The van der Waals surface area contributed by atoms with Crippen LogP contribution in [0.1, 0.15) is 0 Å². The molecule has 0 N–H and O–H groups in total. The Bertz CT molecular complexity index is 1970. The molecular weight excluding hydrogens is 654 g/mol. The molecular formula is C27H16Cl4N2O6S2. The second kappa shape index (κ2) is 11.7. The van der Waals surface area contributed by atoms with Crippen LogP contribution in [0, 0.1) is 0 Å². The molecule has 0 amide bonds. The van der Waals surface area contributed by atoms with Crippen LogP contribution in [-0.4, -0.2) is 21.8 Å². The fourth-order valence-corrected chi connectivity index (χ4v) is 7.45. The van der Waals surface area contributed by atoms with Crippen LogP contribution in [-0.2, 0) is 24.4 Å². The van der Waals surface area contributed by atoms with Gasteiger partial charge < -0.3 is 4.74 Å². The molecule has 0 bridgehead atoms. The summed E-state index contributed by atoms with van der Waals surface area (Å²) in [5.41, 5.74) is 0.389. The summed E-state index contributed by atoms with van der Waals surface area (Å²) in [7, 11) is -9.47. The van der Waals surface area contributed by atoms with Crippen molar-refractivity contribution < 1.29 is 25.9 Å². The molecule has 0 saturated heterocycles. The largest absolute Gasteiger partial charge is 0.453 e. The van der Waals surface area contributed by atoms with Crippen molar-refractivity contribution in [3.63, 3.8) is 0 Å². The summed E-state index contributed by atoms with van der Waals surface area (Å²) in [6, 6.07) is 21.9. The molecule has 0 fully saturated rings. The first-order chi connectivity index (χ1) is 19.5. The lowest BCUT2D eigenvalue weighted by Gasteiger charge is -2.24. The first kappa shape index (κ1) is 29.4. The van der Waals surface area contributed by atoms with Crippen LogP contribution in [0.25, 0.3) is 10.9 Å². The van der Waals surface area contributed by atoms with E-state index < -0.39 is 25.0 Å². The number of ether oxygens (including phenoxy) is 1. The van der Waals surface area contributed by atoms with Crippen LogP contribution in [0.5, 0.6) is 11.5 Å². The molecule has 0 radical (unpaired) electrons. The van der Waals surface area contributed by atoms with Gasteiger partial charge in [-0.15, -0.1) is 8.75 Å². The van der Waals surface area contributed by atoms with Crippen molar-refractivity contribution in [2.24, 2.45) is 0 Å². The van der Waals surface area contributed by atoms with Gasteiger partial charge in [-0.1, -0.05) is 82.8 Å². The lowest BCUT2D eigenvalue weighted by Crippen LogP contribution is -2.34. The maximum absolute atomic E-state index is 13.8. The summed E-state index contributed by atoms with van der Waals surface area (Å²) in [4.78, 5) is 3.54. The second-order valence-electron chi connectivity index (χ2n) is 8.35. The predicted octanol–water partition coefficient (Wildman–Crippen LogP) is 8.16. The molecule has 0 aliphatic rings. The first-order valence-corrected chi connectivity index (χ1v) is 15.8. The fourth-order valence-electron chi connectivity index (χ4n) is 3.69. The van der Waals surface area contributed by atoms with Gasteiger partial charge >= 0.3 is 10.1 Å². The molecule has 0 aliphatic carbocycles. The van der Waals surface area contributed by atoms with Crippen LogP contribution in [0.2, 0.25) is 20.1 Å². The number of rotatable bonds is 8. The van der Waals surface area contributed by atoms with E-state index in [9.17, 15) is 16.8 Å². The van der Waals surface area contributed by atoms with Crippen LogP contribution in [0.15, 0.2) is 107 Å². The van der Waals surface area contributed by atoms with Crippen LogP contribution < -0.4 is 9.21 Å². The van der Waals surface area contributed by atoms with Gasteiger partial charge in [0.05, 0.1) is 37.4 Å². The number of hydrogen-bond acceptors (Lipinski definition) is 7. The Morgan fingerprint density at radius 2 is 1.37 bits per heavy atom. The summed E-state index contributed by atoms with van der Waals surface area (Å²) in [5, 5.41) is 0.385. The van der Waals surface area contributed by atoms with Crippen LogP contribution in [0.3, 0.4) is 0 Å². The fraction of sp³-hybridized carbons (Fsp3) is 0. The van der Waals surface area contributed by atoms with Gasteiger partial charge in [-0.3, -0.25) is 4.98 Å². The van der Waals surface area contributed by atoms with Crippen molar-refractivity contribution in [1.82, 2.24) is 4.98 Å². The molecule has 41 heavy (non-hydrogen) atoms. The molecule has 0 unspecified atom stereocenters. The third-order valence-electron chi connectivity index (χ3n) is 5.57. The summed E-state index contributed by atoms with van der Waals surface area (Å²) < 4.78 is 65.1. The summed E-state index contributed by atoms with van der Waals surface area (Å²) in [5.74, 6) is 0.280. The van der Waals surface area contributed by atoms with E-state index in [1.54, 1.807) is 12.1 Å². The van der Waals surface area contributed by atoms with Crippen molar-refractivity contribution >= 4 is 83.1 Å². The molecule has 0 spiro atoms. The zero-order valence-electron chi connectivity index (χ0n) is 20.4. The Kier molecular flexibility index (Phi) is 8.36. The number of halogens is 4. The SMILES string of the molecule is O=S(=O)(ON(c1cc(Cl)c(Oc2cnc3ccccc3c2)c(Cl)c1)S(=O)(=O)c1ccc(Cl)cc1Cl)c1ccccc1. The van der Waals surface area contributed by atoms with Gasteiger partial charge in [0.2, 0.25) is 0 Å². The Hall–Kier alpha value is -3.09. The predicted molar refractivity (Wildman–Crippen MR) is 159 cm³/mol. The highest BCUT2D eigenvalue weighted by atomic mass is 35.5. The Labute approximate surface area is 255 Å². The number of pyridine rings is 1. The minimum atomic E-state index is -4.80. The molecule has 5 aromatic rings. The van der Waals surface area contributed by atoms with Crippen molar-refractivity contribution in [3.05, 3.63) is 117 Å². The van der Waals surface area contributed by atoms with Gasteiger partial charge in [-0.25, -0.2) is 0 Å². The normalized spacial score (nSPS) is 11.9. The van der Waals surface area contributed by atoms with E-state index in [0.717, 1.165) is 29.1 Å². The molecule has 5 rings (SSSR count). The van der Waals surface area contributed by atoms with Gasteiger partial charge in [-0.2, -0.15) is 16.8 Å². The number of fused-ring (bicyclic) bond motifs is 1. The maximum atomic E-state index is 13.8. The average Bonchev–Trinajstić information content (AvgIpc) is 2.93. The van der Waals surface area contributed by atoms with Crippen molar-refractivity contribution in [3.8, 4) is 11.5 Å². The van der Waals surface area contributed by atoms with E-state index >= 15 is 0 Å². The standard InChI is InChI=1S/C27H16Cl4N2O6S2/c28-18-10-11-26(22(29)13-18)40(34,35)33(39-41(36,37)21-7-2-1-3-8-21)19-14-23(30)27(24(31)15-19)38-20-12-17-6-4-5-9-25(17)32-16-20/h1-16H. The number of anilines is 1. The number of para-hydroxylation sites is 1. The zero-order chi connectivity index (χ0) is 29.4. The Morgan fingerprint density at radius 1 is 0.707 bits per heavy atom. The third kappa shape index (κ3) is 6.24. The average molecular weight is 670 g/mol. The maximum Gasteiger partial charge on any atom is 0.318 e. The highest BCUT2D eigenvalue weighted by molar-refractivity contribution is 7.94. The topological polar surface area (TPSA) is 103 Å². The zero-order valence-corrected chi connectivity index (χ0v) is 25.1. The lowest BCUT2D eigenvalue weighted by atomic mass is 10.2. The lowest BCUT2D eigenvalue weighted by molar-refractivity contribution is 0.335. The molecule has 1 aromatic heterocycles. The number of hydrogen-bond donors (Lipinski definition) is 0. The van der Waals surface area contributed by atoms with E-state index in [-0.39, 0.29) is 40.9 Å².